The molecule has 8 nitrogen and oxygen atoms in total. The fourth-order valence-electron chi connectivity index (χ4n) is 2.30. The summed E-state index contributed by atoms with van der Waals surface area (Å²) in [5, 5.41) is 14.8. The molecule has 3 aromatic rings. The lowest BCUT2D eigenvalue weighted by molar-refractivity contribution is 0.0945. The Morgan fingerprint density at radius 2 is 2.08 bits per heavy atom. The molecule has 0 fully saturated rings. The molecule has 120 valence electrons. The molecule has 0 saturated heterocycles. The maximum absolute atomic E-state index is 12.2. The zero-order chi connectivity index (χ0) is 16.4. The Balaban J connectivity index is 1.41. The van der Waals surface area contributed by atoms with Gasteiger partial charge in [0.05, 0.1) is 0 Å². The molecule has 24 heavy (non-hydrogen) atoms. The molecule has 0 unspecified atom stereocenters. The van der Waals surface area contributed by atoms with Crippen molar-refractivity contribution >= 4 is 5.91 Å². The predicted molar refractivity (Wildman–Crippen MR) is 82.9 cm³/mol. The Morgan fingerprint density at radius 1 is 1.17 bits per heavy atom. The van der Waals surface area contributed by atoms with Crippen molar-refractivity contribution in [2.45, 2.75) is 6.54 Å². The van der Waals surface area contributed by atoms with E-state index in [1.807, 2.05) is 18.2 Å². The number of carbonyl (C=O) groups is 1. The van der Waals surface area contributed by atoms with Gasteiger partial charge in [0.25, 0.3) is 5.91 Å². The van der Waals surface area contributed by atoms with Crippen molar-refractivity contribution < 1.29 is 14.3 Å². The summed E-state index contributed by atoms with van der Waals surface area (Å²) in [6.45, 7) is 0.585. The maximum atomic E-state index is 12.2. The monoisotopic (exact) mass is 323 g/mol. The summed E-state index contributed by atoms with van der Waals surface area (Å²) >= 11 is 0. The first-order valence-corrected chi connectivity index (χ1v) is 7.30. The first-order valence-electron chi connectivity index (χ1n) is 7.30. The lowest BCUT2D eigenvalue weighted by Gasteiger charge is -2.06. The first-order chi connectivity index (χ1) is 11.8. The van der Waals surface area contributed by atoms with Crippen molar-refractivity contribution in [3.63, 3.8) is 0 Å². The molecule has 1 aliphatic heterocycles. The number of hydrogen-bond donors (Lipinski definition) is 1. The summed E-state index contributed by atoms with van der Waals surface area (Å²) < 4.78 is 12.1. The third-order valence-electron chi connectivity index (χ3n) is 3.51. The molecule has 0 aliphatic carbocycles. The van der Waals surface area contributed by atoms with Crippen molar-refractivity contribution in [3.8, 4) is 17.3 Å². The van der Waals surface area contributed by atoms with Crippen LogP contribution in [0.15, 0.2) is 48.8 Å². The Morgan fingerprint density at radius 3 is 2.88 bits per heavy atom. The molecule has 4 rings (SSSR count). The average Bonchev–Trinajstić information content (AvgIpc) is 3.31. The van der Waals surface area contributed by atoms with Gasteiger partial charge in [-0.15, -0.1) is 10.2 Å². The van der Waals surface area contributed by atoms with Crippen LogP contribution in [0.3, 0.4) is 0 Å². The third kappa shape index (κ3) is 2.76. The molecular weight excluding hydrogens is 310 g/mol. The van der Waals surface area contributed by atoms with Crippen molar-refractivity contribution in [3.05, 3.63) is 60.0 Å². The molecule has 1 aromatic carbocycles. The molecule has 0 spiro atoms. The quantitative estimate of drug-likeness (QED) is 0.778. The highest BCUT2D eigenvalue weighted by atomic mass is 16.7. The Hall–Kier alpha value is -3.42. The van der Waals surface area contributed by atoms with Crippen LogP contribution in [0, 0.1) is 0 Å². The molecule has 0 radical (unpaired) electrons. The normalized spacial score (nSPS) is 12.2. The van der Waals surface area contributed by atoms with Crippen LogP contribution < -0.4 is 14.8 Å². The van der Waals surface area contributed by atoms with E-state index < -0.39 is 0 Å². The molecule has 8 heteroatoms. The molecular formula is C16H13N5O3. The van der Waals surface area contributed by atoms with E-state index in [1.54, 1.807) is 35.3 Å². The van der Waals surface area contributed by atoms with Gasteiger partial charge in [0.15, 0.2) is 23.0 Å². The second-order valence-electron chi connectivity index (χ2n) is 5.10. The number of nitrogens with one attached hydrogen (secondary N) is 1. The number of nitrogens with zero attached hydrogens (tertiary/aromatic N) is 4. The van der Waals surface area contributed by atoms with Crippen LogP contribution in [-0.2, 0) is 6.54 Å². The minimum absolute atomic E-state index is 0.226. The van der Waals surface area contributed by atoms with Crippen LogP contribution in [0.5, 0.6) is 11.5 Å². The van der Waals surface area contributed by atoms with Crippen molar-refractivity contribution in [1.29, 1.82) is 0 Å². The van der Waals surface area contributed by atoms with Gasteiger partial charge in [-0.1, -0.05) is 6.07 Å². The molecule has 1 amide bonds. The summed E-state index contributed by atoms with van der Waals surface area (Å²) in [5.41, 5.74) is 1.15. The smallest absolute Gasteiger partial charge is 0.272 e. The van der Waals surface area contributed by atoms with E-state index in [-0.39, 0.29) is 18.4 Å². The van der Waals surface area contributed by atoms with Gasteiger partial charge in [-0.05, 0) is 35.9 Å². The lowest BCUT2D eigenvalue weighted by atomic mass is 10.2. The number of carbonyl (C=O) groups excluding carboxylic acids is 1. The van der Waals surface area contributed by atoms with E-state index in [0.29, 0.717) is 23.9 Å². The topological polar surface area (TPSA) is 91.2 Å². The number of hydrogen-bond acceptors (Lipinski definition) is 6. The van der Waals surface area contributed by atoms with Gasteiger partial charge in [-0.3, -0.25) is 4.79 Å². The largest absolute Gasteiger partial charge is 0.454 e. The second-order valence-corrected chi connectivity index (χ2v) is 5.10. The highest BCUT2D eigenvalue weighted by Crippen LogP contribution is 2.32. The number of benzene rings is 1. The zero-order valence-electron chi connectivity index (χ0n) is 12.5. The van der Waals surface area contributed by atoms with E-state index >= 15 is 0 Å². The minimum atomic E-state index is -0.299. The SMILES string of the molecule is O=C(NCc1ccc2c(c1)OCO2)c1ccc(-n2cccn2)nn1. The predicted octanol–water partition coefficient (Wildman–Crippen LogP) is 1.32. The van der Waals surface area contributed by atoms with Crippen molar-refractivity contribution in [2.24, 2.45) is 0 Å². The zero-order valence-corrected chi connectivity index (χ0v) is 12.5. The van der Waals surface area contributed by atoms with Crippen LogP contribution in [0.25, 0.3) is 5.82 Å². The average molecular weight is 323 g/mol. The fraction of sp³-hybridized carbons (Fsp3) is 0.125. The molecule has 0 saturated carbocycles. The number of aromatic nitrogens is 4. The van der Waals surface area contributed by atoms with Gasteiger partial charge in [0.2, 0.25) is 6.79 Å². The van der Waals surface area contributed by atoms with Crippen LogP contribution in [0.4, 0.5) is 0 Å². The number of amides is 1. The lowest BCUT2D eigenvalue weighted by Crippen LogP contribution is -2.24. The van der Waals surface area contributed by atoms with Crippen LogP contribution in [0.1, 0.15) is 16.1 Å². The molecule has 3 heterocycles. The summed E-state index contributed by atoms with van der Waals surface area (Å²) in [7, 11) is 0. The second kappa shape index (κ2) is 5.99. The van der Waals surface area contributed by atoms with E-state index in [9.17, 15) is 4.79 Å². The van der Waals surface area contributed by atoms with E-state index in [4.69, 9.17) is 9.47 Å². The summed E-state index contributed by atoms with van der Waals surface area (Å²) in [6, 6.07) is 10.6. The molecule has 1 N–H and O–H groups in total. The van der Waals surface area contributed by atoms with Gasteiger partial charge in [0.1, 0.15) is 0 Å². The first kappa shape index (κ1) is 14.2. The summed E-state index contributed by atoms with van der Waals surface area (Å²) in [6.07, 6.45) is 3.40. The van der Waals surface area contributed by atoms with Gasteiger partial charge < -0.3 is 14.8 Å². The number of rotatable bonds is 4. The highest BCUT2D eigenvalue weighted by Gasteiger charge is 2.14. The molecule has 0 bridgehead atoms. The van der Waals surface area contributed by atoms with Gasteiger partial charge in [-0.2, -0.15) is 5.10 Å². The van der Waals surface area contributed by atoms with Gasteiger partial charge in [0, 0.05) is 18.9 Å². The van der Waals surface area contributed by atoms with Crippen LogP contribution in [0.2, 0.25) is 0 Å². The number of fused-ring (bicyclic) bond motifs is 1. The van der Waals surface area contributed by atoms with E-state index in [0.717, 1.165) is 5.56 Å². The molecule has 1 aliphatic rings. The van der Waals surface area contributed by atoms with Crippen LogP contribution in [-0.4, -0.2) is 32.7 Å². The maximum Gasteiger partial charge on any atom is 0.272 e. The Kier molecular flexibility index (Phi) is 3.54. The molecule has 0 atom stereocenters. The van der Waals surface area contributed by atoms with Gasteiger partial charge in [-0.25, -0.2) is 4.68 Å². The van der Waals surface area contributed by atoms with Crippen LogP contribution >= 0.6 is 0 Å². The standard InChI is InChI=1S/C16H13N5O3/c22-16(12-3-5-15(20-19-12)21-7-1-6-18-21)17-9-11-2-4-13-14(8-11)24-10-23-13/h1-8H,9-10H2,(H,17,22). The number of ether oxygens (including phenoxy) is 2. The Labute approximate surface area is 137 Å². The summed E-state index contributed by atoms with van der Waals surface area (Å²) in [5.74, 6) is 1.65. The van der Waals surface area contributed by atoms with Gasteiger partial charge >= 0.3 is 0 Å². The van der Waals surface area contributed by atoms with E-state index in [2.05, 4.69) is 20.6 Å². The summed E-state index contributed by atoms with van der Waals surface area (Å²) in [4.78, 5) is 12.2. The fourth-order valence-corrected chi connectivity index (χ4v) is 2.30. The van der Waals surface area contributed by atoms with E-state index in [1.165, 1.54) is 0 Å². The minimum Gasteiger partial charge on any atom is -0.454 e. The Bertz CT molecular complexity index is 862. The van der Waals surface area contributed by atoms with Crippen molar-refractivity contribution in [2.75, 3.05) is 6.79 Å². The highest BCUT2D eigenvalue weighted by molar-refractivity contribution is 5.92. The third-order valence-corrected chi connectivity index (χ3v) is 3.51. The van der Waals surface area contributed by atoms with Crippen molar-refractivity contribution in [1.82, 2.24) is 25.3 Å². The molecule has 2 aromatic heterocycles.